The molecule has 3 heteroatoms. The largest absolute Gasteiger partial charge is 0.481 e. The van der Waals surface area contributed by atoms with Crippen LogP contribution in [0.1, 0.15) is 64.7 Å². The summed E-state index contributed by atoms with van der Waals surface area (Å²) in [7, 11) is 0. The fourth-order valence-corrected chi connectivity index (χ4v) is 1.66. The van der Waals surface area contributed by atoms with Crippen LogP contribution in [0, 0.1) is 11.8 Å². The third-order valence-electron chi connectivity index (χ3n) is 2.80. The van der Waals surface area contributed by atoms with Crippen LogP contribution in [0.4, 0.5) is 0 Å². The molecule has 2 N–H and O–H groups in total. The maximum Gasteiger partial charge on any atom is 0.303 e. The second-order valence-electron chi connectivity index (χ2n) is 4.70. The molecule has 108 valence electrons. The lowest BCUT2D eigenvalue weighted by Crippen LogP contribution is -2.00. The van der Waals surface area contributed by atoms with E-state index in [9.17, 15) is 9.90 Å². The van der Waals surface area contributed by atoms with E-state index in [-0.39, 0.29) is 12.5 Å². The molecule has 0 fully saturated rings. The number of rotatable bonds is 10. The molecule has 0 saturated heterocycles. The first-order valence-electron chi connectivity index (χ1n) is 7.21. The van der Waals surface area contributed by atoms with E-state index in [2.05, 4.69) is 18.8 Å². The first-order chi connectivity index (χ1) is 9.16. The van der Waals surface area contributed by atoms with Crippen molar-refractivity contribution in [1.29, 1.82) is 0 Å². The standard InChI is InChI=1S/C16H26O3/c1-2-3-9-12-15(17)13-10-7-5-4-6-8-11-14-16(18)19/h10,13,15,17H,2-4,6,8-9,11-12,14H2,1H3,(H,18,19)/b13-10+. The summed E-state index contributed by atoms with van der Waals surface area (Å²) < 4.78 is 0. The lowest BCUT2D eigenvalue weighted by molar-refractivity contribution is -0.137. The fraction of sp³-hybridized carbons (Fsp3) is 0.688. The van der Waals surface area contributed by atoms with Crippen molar-refractivity contribution < 1.29 is 15.0 Å². The summed E-state index contributed by atoms with van der Waals surface area (Å²) in [5.74, 6) is 5.17. The molecule has 0 radical (unpaired) electrons. The van der Waals surface area contributed by atoms with Crippen LogP contribution in [0.5, 0.6) is 0 Å². The molecule has 19 heavy (non-hydrogen) atoms. The molecule has 3 nitrogen and oxygen atoms in total. The van der Waals surface area contributed by atoms with Gasteiger partial charge in [0.15, 0.2) is 0 Å². The normalized spacial score (nSPS) is 12.1. The van der Waals surface area contributed by atoms with E-state index in [4.69, 9.17) is 5.11 Å². The molecule has 0 rings (SSSR count). The minimum Gasteiger partial charge on any atom is -0.481 e. The van der Waals surface area contributed by atoms with Gasteiger partial charge in [0.05, 0.1) is 6.10 Å². The molecule has 0 saturated carbocycles. The van der Waals surface area contributed by atoms with Gasteiger partial charge in [-0.05, 0) is 31.4 Å². The van der Waals surface area contributed by atoms with E-state index in [0.29, 0.717) is 0 Å². The maximum absolute atomic E-state index is 10.3. The molecular weight excluding hydrogens is 240 g/mol. The Labute approximate surface area is 116 Å². The number of allylic oxidation sites excluding steroid dienone is 1. The highest BCUT2D eigenvalue weighted by molar-refractivity contribution is 5.66. The third kappa shape index (κ3) is 14.7. The lowest BCUT2D eigenvalue weighted by atomic mass is 10.1. The van der Waals surface area contributed by atoms with Crippen molar-refractivity contribution >= 4 is 5.97 Å². The number of aliphatic hydroxyl groups is 1. The van der Waals surface area contributed by atoms with Crippen LogP contribution in [-0.2, 0) is 4.79 Å². The molecule has 0 aliphatic carbocycles. The Morgan fingerprint density at radius 2 is 2.00 bits per heavy atom. The van der Waals surface area contributed by atoms with E-state index in [0.717, 1.165) is 51.4 Å². The molecule has 0 aliphatic rings. The second-order valence-corrected chi connectivity index (χ2v) is 4.70. The van der Waals surface area contributed by atoms with Crippen molar-refractivity contribution in [3.63, 3.8) is 0 Å². The van der Waals surface area contributed by atoms with Crippen LogP contribution < -0.4 is 0 Å². The van der Waals surface area contributed by atoms with Gasteiger partial charge in [-0.2, -0.15) is 0 Å². The zero-order valence-corrected chi connectivity index (χ0v) is 11.9. The number of hydrogen-bond donors (Lipinski definition) is 2. The van der Waals surface area contributed by atoms with Gasteiger partial charge < -0.3 is 10.2 Å². The van der Waals surface area contributed by atoms with Crippen LogP contribution in [0.3, 0.4) is 0 Å². The topological polar surface area (TPSA) is 57.5 Å². The fourth-order valence-electron chi connectivity index (χ4n) is 1.66. The van der Waals surface area contributed by atoms with Crippen molar-refractivity contribution in [3.8, 4) is 11.8 Å². The lowest BCUT2D eigenvalue weighted by Gasteiger charge is -2.02. The predicted octanol–water partition coefficient (Wildman–Crippen LogP) is 3.52. The quantitative estimate of drug-likeness (QED) is 0.470. The Balaban J connectivity index is 3.49. The molecular formula is C16H26O3. The van der Waals surface area contributed by atoms with Crippen LogP contribution in [0.25, 0.3) is 0 Å². The van der Waals surface area contributed by atoms with Gasteiger partial charge >= 0.3 is 5.97 Å². The smallest absolute Gasteiger partial charge is 0.303 e. The molecule has 0 amide bonds. The average molecular weight is 266 g/mol. The van der Waals surface area contributed by atoms with Crippen molar-refractivity contribution in [3.05, 3.63) is 12.2 Å². The highest BCUT2D eigenvalue weighted by Gasteiger charge is 1.97. The third-order valence-corrected chi connectivity index (χ3v) is 2.80. The van der Waals surface area contributed by atoms with Gasteiger partial charge in [0.2, 0.25) is 0 Å². The van der Waals surface area contributed by atoms with Gasteiger partial charge in [0, 0.05) is 12.8 Å². The molecule has 1 atom stereocenters. The van der Waals surface area contributed by atoms with Crippen LogP contribution in [0.2, 0.25) is 0 Å². The number of carboxylic acid groups (broad SMARTS) is 1. The summed E-state index contributed by atoms with van der Waals surface area (Å²) in [6.07, 6.45) is 10.9. The summed E-state index contributed by atoms with van der Waals surface area (Å²) in [6.45, 7) is 2.14. The first kappa shape index (κ1) is 17.7. The molecule has 0 bridgehead atoms. The first-order valence-corrected chi connectivity index (χ1v) is 7.21. The van der Waals surface area contributed by atoms with Crippen LogP contribution >= 0.6 is 0 Å². The second kappa shape index (κ2) is 13.2. The van der Waals surface area contributed by atoms with Crippen molar-refractivity contribution in [2.45, 2.75) is 70.8 Å². The summed E-state index contributed by atoms with van der Waals surface area (Å²) in [4.78, 5) is 10.3. The maximum atomic E-state index is 10.3. The van der Waals surface area contributed by atoms with Gasteiger partial charge in [-0.25, -0.2) is 0 Å². The Morgan fingerprint density at radius 3 is 2.68 bits per heavy atom. The van der Waals surface area contributed by atoms with Crippen LogP contribution in [0.15, 0.2) is 12.2 Å². The Bertz CT molecular complexity index is 310. The molecule has 0 heterocycles. The Morgan fingerprint density at radius 1 is 1.21 bits per heavy atom. The number of unbranched alkanes of at least 4 members (excludes halogenated alkanes) is 5. The van der Waals surface area contributed by atoms with Crippen LogP contribution in [-0.4, -0.2) is 22.3 Å². The SMILES string of the molecule is CCCCCC(O)/C=C/C#CCCCCCC(=O)O. The van der Waals surface area contributed by atoms with Gasteiger partial charge in [0.25, 0.3) is 0 Å². The van der Waals surface area contributed by atoms with E-state index in [1.54, 1.807) is 12.2 Å². The Kier molecular flexibility index (Phi) is 12.3. The average Bonchev–Trinajstić information content (AvgIpc) is 2.36. The number of hydrogen-bond acceptors (Lipinski definition) is 2. The van der Waals surface area contributed by atoms with Crippen molar-refractivity contribution in [2.75, 3.05) is 0 Å². The predicted molar refractivity (Wildman–Crippen MR) is 77.8 cm³/mol. The number of carbonyl (C=O) groups is 1. The van der Waals surface area contributed by atoms with Gasteiger partial charge in [-0.1, -0.05) is 44.4 Å². The van der Waals surface area contributed by atoms with Crippen molar-refractivity contribution in [2.24, 2.45) is 0 Å². The number of aliphatic hydroxyl groups excluding tert-OH is 1. The summed E-state index contributed by atoms with van der Waals surface area (Å²) in [5, 5.41) is 18.0. The highest BCUT2D eigenvalue weighted by Crippen LogP contribution is 2.04. The zero-order valence-electron chi connectivity index (χ0n) is 11.9. The minimum absolute atomic E-state index is 0.247. The summed E-state index contributed by atoms with van der Waals surface area (Å²) in [5.41, 5.74) is 0. The molecule has 1 unspecified atom stereocenters. The van der Waals surface area contributed by atoms with E-state index < -0.39 is 5.97 Å². The van der Waals surface area contributed by atoms with E-state index in [1.165, 1.54) is 0 Å². The van der Waals surface area contributed by atoms with Gasteiger partial charge in [0.1, 0.15) is 0 Å². The van der Waals surface area contributed by atoms with Gasteiger partial charge in [-0.3, -0.25) is 4.79 Å². The van der Waals surface area contributed by atoms with Crippen molar-refractivity contribution in [1.82, 2.24) is 0 Å². The highest BCUT2D eigenvalue weighted by atomic mass is 16.4. The molecule has 0 aromatic carbocycles. The van der Waals surface area contributed by atoms with E-state index >= 15 is 0 Å². The van der Waals surface area contributed by atoms with E-state index in [1.807, 2.05) is 0 Å². The zero-order chi connectivity index (χ0) is 14.3. The minimum atomic E-state index is -0.730. The molecule has 0 spiro atoms. The Hall–Kier alpha value is -1.27. The number of aliphatic carboxylic acids is 1. The number of carboxylic acids is 1. The molecule has 0 aromatic heterocycles. The summed E-state index contributed by atoms with van der Waals surface area (Å²) in [6, 6.07) is 0. The monoisotopic (exact) mass is 266 g/mol. The molecule has 0 aliphatic heterocycles. The summed E-state index contributed by atoms with van der Waals surface area (Å²) >= 11 is 0. The van der Waals surface area contributed by atoms with Gasteiger partial charge in [-0.15, -0.1) is 0 Å². The molecule has 0 aromatic rings.